The number of carbonyl (C=O) groups is 1. The zero-order valence-corrected chi connectivity index (χ0v) is 19.2. The summed E-state index contributed by atoms with van der Waals surface area (Å²) in [5.41, 5.74) is 1.83. The van der Waals surface area contributed by atoms with Crippen LogP contribution in [-0.2, 0) is 14.0 Å². The van der Waals surface area contributed by atoms with Crippen LogP contribution in [0, 0.1) is 6.92 Å². The fourth-order valence-electron chi connectivity index (χ4n) is 3.73. The van der Waals surface area contributed by atoms with Crippen LogP contribution < -0.4 is 5.46 Å². The van der Waals surface area contributed by atoms with Crippen LogP contribution in [0.25, 0.3) is 0 Å². The van der Waals surface area contributed by atoms with E-state index in [4.69, 9.17) is 19.0 Å². The van der Waals surface area contributed by atoms with Crippen molar-refractivity contribution in [3.8, 4) is 0 Å². The lowest BCUT2D eigenvalue weighted by Crippen LogP contribution is -2.41. The Labute approximate surface area is 175 Å². The van der Waals surface area contributed by atoms with E-state index < -0.39 is 5.60 Å². The third-order valence-corrected chi connectivity index (χ3v) is 6.09. The topological polar surface area (TPSA) is 60.9 Å². The van der Waals surface area contributed by atoms with Crippen molar-refractivity contribution in [2.45, 2.75) is 91.0 Å². The average molecular weight is 402 g/mol. The van der Waals surface area contributed by atoms with E-state index in [-0.39, 0.29) is 24.4 Å². The van der Waals surface area contributed by atoms with Gasteiger partial charge in [0.05, 0.1) is 11.2 Å². The minimum absolute atomic E-state index is 0.231. The highest BCUT2D eigenvalue weighted by Gasteiger charge is 2.51. The van der Waals surface area contributed by atoms with Gasteiger partial charge in [0.2, 0.25) is 0 Å². The van der Waals surface area contributed by atoms with E-state index in [1.165, 1.54) is 0 Å². The predicted molar refractivity (Wildman–Crippen MR) is 114 cm³/mol. The summed E-state index contributed by atoms with van der Waals surface area (Å²) in [5, 5.41) is 0. The normalized spacial score (nSPS) is 22.1. The summed E-state index contributed by atoms with van der Waals surface area (Å²) in [6.45, 7) is 17.3. The minimum Gasteiger partial charge on any atom is -0.444 e. The van der Waals surface area contributed by atoms with Crippen LogP contribution >= 0.6 is 0 Å². The Hall–Kier alpha value is -1.60. The molecule has 6 nitrogen and oxygen atoms in total. The Bertz CT molecular complexity index is 749. The molecule has 0 spiro atoms. The molecular formula is C22H35BN2O4. The van der Waals surface area contributed by atoms with Gasteiger partial charge >= 0.3 is 13.2 Å². The Morgan fingerprint density at radius 2 is 1.69 bits per heavy atom. The molecule has 0 bridgehead atoms. The summed E-state index contributed by atoms with van der Waals surface area (Å²) >= 11 is 0. The van der Waals surface area contributed by atoms with Gasteiger partial charge < -0.3 is 18.9 Å². The number of hydrogen-bond donors (Lipinski definition) is 0. The van der Waals surface area contributed by atoms with Gasteiger partial charge in [-0.05, 0) is 85.8 Å². The van der Waals surface area contributed by atoms with Crippen LogP contribution in [0.3, 0.4) is 0 Å². The first-order valence-corrected chi connectivity index (χ1v) is 10.6. The van der Waals surface area contributed by atoms with Gasteiger partial charge in [-0.1, -0.05) is 0 Å². The van der Waals surface area contributed by atoms with Crippen LogP contribution in [-0.4, -0.2) is 53.0 Å². The van der Waals surface area contributed by atoms with E-state index in [9.17, 15) is 4.79 Å². The number of ether oxygens (including phenoxy) is 1. The summed E-state index contributed by atoms with van der Waals surface area (Å²) in [5.74, 6) is 0.315. The fraction of sp³-hybridized carbons (Fsp3) is 0.727. The van der Waals surface area contributed by atoms with Crippen molar-refractivity contribution in [1.29, 1.82) is 0 Å². The van der Waals surface area contributed by atoms with E-state index in [2.05, 4.69) is 33.8 Å². The van der Waals surface area contributed by atoms with E-state index in [0.29, 0.717) is 19.0 Å². The van der Waals surface area contributed by atoms with Gasteiger partial charge in [-0.15, -0.1) is 0 Å². The number of aryl methyl sites for hydroxylation is 1. The monoisotopic (exact) mass is 402 g/mol. The molecule has 1 aromatic rings. The second-order valence-electron chi connectivity index (χ2n) is 10.3. The molecule has 2 saturated heterocycles. The third-order valence-electron chi connectivity index (χ3n) is 6.09. The summed E-state index contributed by atoms with van der Waals surface area (Å²) in [7, 11) is -0.387. The van der Waals surface area contributed by atoms with Crippen molar-refractivity contribution < 1.29 is 18.8 Å². The summed E-state index contributed by atoms with van der Waals surface area (Å²) in [4.78, 5) is 18.9. The first-order valence-electron chi connectivity index (χ1n) is 10.6. The highest BCUT2D eigenvalue weighted by molar-refractivity contribution is 6.62. The molecule has 2 aliphatic heterocycles. The Kier molecular flexibility index (Phi) is 5.78. The predicted octanol–water partition coefficient (Wildman–Crippen LogP) is 3.80. The van der Waals surface area contributed by atoms with Crippen molar-refractivity contribution in [1.82, 2.24) is 9.88 Å². The number of aromatic nitrogens is 1. The molecule has 2 fully saturated rings. The van der Waals surface area contributed by atoms with Crippen LogP contribution in [0.15, 0.2) is 12.1 Å². The van der Waals surface area contributed by atoms with Crippen LogP contribution in [0.4, 0.5) is 4.79 Å². The molecule has 1 amide bonds. The third kappa shape index (κ3) is 4.94. The van der Waals surface area contributed by atoms with Crippen LogP contribution in [0.5, 0.6) is 0 Å². The zero-order chi connectivity index (χ0) is 21.6. The molecule has 7 heteroatoms. The number of amides is 1. The molecule has 0 N–H and O–H groups in total. The van der Waals surface area contributed by atoms with Gasteiger partial charge in [-0.3, -0.25) is 4.98 Å². The van der Waals surface area contributed by atoms with E-state index in [1.54, 1.807) is 4.90 Å². The fourth-order valence-corrected chi connectivity index (χ4v) is 3.73. The second-order valence-corrected chi connectivity index (χ2v) is 10.3. The number of pyridine rings is 1. The van der Waals surface area contributed by atoms with E-state index in [1.807, 2.05) is 33.8 Å². The van der Waals surface area contributed by atoms with Gasteiger partial charge in [0.25, 0.3) is 0 Å². The number of hydrogen-bond acceptors (Lipinski definition) is 5. The number of likely N-dealkylation sites (tertiary alicyclic amines) is 1. The number of rotatable bonds is 2. The van der Waals surface area contributed by atoms with Crippen LogP contribution in [0.1, 0.15) is 78.6 Å². The van der Waals surface area contributed by atoms with Gasteiger partial charge in [0, 0.05) is 30.4 Å². The van der Waals surface area contributed by atoms with Crippen molar-refractivity contribution >= 4 is 18.7 Å². The maximum atomic E-state index is 12.3. The molecule has 1 aromatic heterocycles. The average Bonchev–Trinajstić information content (AvgIpc) is 2.81. The second kappa shape index (κ2) is 7.58. The Balaban J connectivity index is 1.70. The van der Waals surface area contributed by atoms with Crippen molar-refractivity contribution in [3.05, 3.63) is 23.5 Å². The molecule has 2 aliphatic rings. The molecule has 3 rings (SSSR count). The molecular weight excluding hydrogens is 367 g/mol. The molecule has 0 saturated carbocycles. The summed E-state index contributed by atoms with van der Waals surface area (Å²) in [6, 6.07) is 4.16. The van der Waals surface area contributed by atoms with Crippen molar-refractivity contribution in [3.63, 3.8) is 0 Å². The first kappa shape index (κ1) is 22.1. The van der Waals surface area contributed by atoms with Gasteiger partial charge in [0.15, 0.2) is 0 Å². The lowest BCUT2D eigenvalue weighted by molar-refractivity contribution is 0.00578. The molecule has 0 radical (unpaired) electrons. The smallest absolute Gasteiger partial charge is 0.444 e. The zero-order valence-electron chi connectivity index (χ0n) is 19.2. The molecule has 0 aromatic carbocycles. The first-order chi connectivity index (χ1) is 13.3. The quantitative estimate of drug-likeness (QED) is 0.705. The molecule has 0 aliphatic carbocycles. The van der Waals surface area contributed by atoms with Gasteiger partial charge in [0.1, 0.15) is 5.60 Å². The van der Waals surface area contributed by atoms with Crippen LogP contribution in [0.2, 0.25) is 0 Å². The summed E-state index contributed by atoms with van der Waals surface area (Å²) in [6.07, 6.45) is 1.52. The number of nitrogens with zero attached hydrogens (tertiary/aromatic N) is 2. The van der Waals surface area contributed by atoms with E-state index >= 15 is 0 Å². The number of carbonyl (C=O) groups excluding carboxylic acids is 1. The van der Waals surface area contributed by atoms with E-state index in [0.717, 1.165) is 29.7 Å². The number of piperidine rings is 1. The molecule has 3 heterocycles. The van der Waals surface area contributed by atoms with Crippen molar-refractivity contribution in [2.24, 2.45) is 0 Å². The highest BCUT2D eigenvalue weighted by Crippen LogP contribution is 2.37. The highest BCUT2D eigenvalue weighted by atomic mass is 16.7. The van der Waals surface area contributed by atoms with Gasteiger partial charge in [-0.25, -0.2) is 4.79 Å². The maximum Gasteiger partial charge on any atom is 0.494 e. The molecule has 0 unspecified atom stereocenters. The molecule has 0 atom stereocenters. The largest absolute Gasteiger partial charge is 0.494 e. The van der Waals surface area contributed by atoms with Crippen molar-refractivity contribution in [2.75, 3.05) is 13.1 Å². The van der Waals surface area contributed by atoms with Gasteiger partial charge in [-0.2, -0.15) is 0 Å². The standard InChI is InChI=1S/C22H35BN2O4/c1-15-13-17(23-28-21(5,6)22(7,8)29-23)14-18(24-15)16-9-11-25(12-10-16)19(26)27-20(2,3)4/h13-14,16H,9-12H2,1-8H3. The summed E-state index contributed by atoms with van der Waals surface area (Å²) < 4.78 is 17.9. The lowest BCUT2D eigenvalue weighted by atomic mass is 9.77. The minimum atomic E-state index is -0.468. The maximum absolute atomic E-state index is 12.3. The Morgan fingerprint density at radius 1 is 1.14 bits per heavy atom. The molecule has 160 valence electrons. The lowest BCUT2D eigenvalue weighted by Gasteiger charge is -2.33. The SMILES string of the molecule is Cc1cc(B2OC(C)(C)C(C)(C)O2)cc(C2CCN(C(=O)OC(C)(C)C)CC2)n1. The Morgan fingerprint density at radius 3 is 2.21 bits per heavy atom. The molecule has 29 heavy (non-hydrogen) atoms.